The Hall–Kier alpha value is -0.0400. The first-order valence-corrected chi connectivity index (χ1v) is 7.85. The second-order valence-electron chi connectivity index (χ2n) is 3.51. The summed E-state index contributed by atoms with van der Waals surface area (Å²) in [6.07, 6.45) is 0. The van der Waals surface area contributed by atoms with Crippen LogP contribution in [-0.4, -0.2) is 30.0 Å². The molecular formula is C10H13BrN2OS2. The maximum absolute atomic E-state index is 11.8. The fraction of sp³-hybridized carbons (Fsp3) is 0.500. The summed E-state index contributed by atoms with van der Waals surface area (Å²) in [4.78, 5) is 13.0. The zero-order valence-electron chi connectivity index (χ0n) is 8.66. The summed E-state index contributed by atoms with van der Waals surface area (Å²) in [5.41, 5.74) is 0. The molecule has 1 aromatic rings. The first-order chi connectivity index (χ1) is 7.75. The van der Waals surface area contributed by atoms with E-state index in [0.717, 1.165) is 21.8 Å². The normalized spacial score (nSPS) is 20.7. The first-order valence-electron chi connectivity index (χ1n) is 5.09. The van der Waals surface area contributed by atoms with Crippen molar-refractivity contribution in [3.05, 3.63) is 20.8 Å². The van der Waals surface area contributed by atoms with Crippen molar-refractivity contribution in [2.45, 2.75) is 12.6 Å². The molecule has 88 valence electrons. The zero-order chi connectivity index (χ0) is 11.4. The van der Waals surface area contributed by atoms with Crippen LogP contribution in [0.15, 0.2) is 15.9 Å². The van der Waals surface area contributed by atoms with Gasteiger partial charge in [0.1, 0.15) is 0 Å². The topological polar surface area (TPSA) is 41.1 Å². The highest BCUT2D eigenvalue weighted by molar-refractivity contribution is 9.11. The summed E-state index contributed by atoms with van der Waals surface area (Å²) in [7, 11) is 0. The molecule has 16 heavy (non-hydrogen) atoms. The number of hydrogen-bond donors (Lipinski definition) is 2. The molecule has 1 aliphatic rings. The van der Waals surface area contributed by atoms with E-state index in [9.17, 15) is 4.79 Å². The fourth-order valence-electron chi connectivity index (χ4n) is 1.48. The van der Waals surface area contributed by atoms with E-state index in [1.54, 1.807) is 11.3 Å². The number of carbonyl (C=O) groups excluding carboxylic acids is 1. The molecule has 2 rings (SSSR count). The second-order valence-corrected chi connectivity index (χ2v) is 7.20. The van der Waals surface area contributed by atoms with Crippen LogP contribution in [0.5, 0.6) is 0 Å². The largest absolute Gasteiger partial charge is 0.350 e. The first kappa shape index (κ1) is 12.4. The minimum absolute atomic E-state index is 0.0258. The van der Waals surface area contributed by atoms with Crippen molar-refractivity contribution in [1.29, 1.82) is 0 Å². The van der Waals surface area contributed by atoms with E-state index in [1.165, 1.54) is 4.88 Å². The highest BCUT2D eigenvalue weighted by Gasteiger charge is 2.20. The van der Waals surface area contributed by atoms with E-state index in [1.807, 2.05) is 23.9 Å². The molecule has 6 heteroatoms. The van der Waals surface area contributed by atoms with Gasteiger partial charge in [0.05, 0.1) is 16.4 Å². The summed E-state index contributed by atoms with van der Waals surface area (Å²) in [6.45, 7) is 1.55. The average molecular weight is 321 g/mol. The van der Waals surface area contributed by atoms with Crippen LogP contribution < -0.4 is 10.6 Å². The van der Waals surface area contributed by atoms with Gasteiger partial charge >= 0.3 is 0 Å². The molecule has 0 saturated carbocycles. The number of amides is 1. The Morgan fingerprint density at radius 3 is 3.12 bits per heavy atom. The molecular weight excluding hydrogens is 308 g/mol. The van der Waals surface area contributed by atoms with Crippen molar-refractivity contribution in [3.63, 3.8) is 0 Å². The molecule has 0 bridgehead atoms. The monoisotopic (exact) mass is 320 g/mol. The van der Waals surface area contributed by atoms with Crippen LogP contribution in [0.3, 0.4) is 0 Å². The molecule has 3 nitrogen and oxygen atoms in total. The SMILES string of the molecule is O=C(NCc1ccc(Br)s1)C1CSCCN1. The average Bonchev–Trinajstić information content (AvgIpc) is 2.73. The Kier molecular flexibility index (Phi) is 4.69. The van der Waals surface area contributed by atoms with E-state index < -0.39 is 0 Å². The van der Waals surface area contributed by atoms with Crippen LogP contribution in [0.4, 0.5) is 0 Å². The molecule has 0 aromatic carbocycles. The van der Waals surface area contributed by atoms with Gasteiger partial charge in [-0.15, -0.1) is 11.3 Å². The standard InChI is InChI=1S/C10H13BrN2OS2/c11-9-2-1-7(16-9)5-13-10(14)8-6-15-4-3-12-8/h1-2,8,12H,3-6H2,(H,13,14). The summed E-state index contributed by atoms with van der Waals surface area (Å²) in [5, 5.41) is 6.18. The van der Waals surface area contributed by atoms with Crippen molar-refractivity contribution in [2.75, 3.05) is 18.1 Å². The summed E-state index contributed by atoms with van der Waals surface area (Å²) in [6, 6.07) is 4.00. The van der Waals surface area contributed by atoms with Crippen molar-refractivity contribution in [2.24, 2.45) is 0 Å². The molecule has 0 aliphatic carbocycles. The minimum atomic E-state index is -0.0258. The van der Waals surface area contributed by atoms with Gasteiger partial charge < -0.3 is 10.6 Å². The molecule has 2 N–H and O–H groups in total. The highest BCUT2D eigenvalue weighted by atomic mass is 79.9. The molecule has 1 saturated heterocycles. The van der Waals surface area contributed by atoms with Crippen LogP contribution in [0.1, 0.15) is 4.88 Å². The fourth-order valence-corrected chi connectivity index (χ4v) is 3.83. The molecule has 1 amide bonds. The Morgan fingerprint density at radius 2 is 2.50 bits per heavy atom. The Bertz CT molecular complexity index is 363. The number of thioether (sulfide) groups is 1. The molecule has 1 fully saturated rings. The maximum atomic E-state index is 11.8. The van der Waals surface area contributed by atoms with Crippen LogP contribution in [-0.2, 0) is 11.3 Å². The number of rotatable bonds is 3. The lowest BCUT2D eigenvalue weighted by Gasteiger charge is -2.22. The molecule has 0 radical (unpaired) electrons. The third kappa shape index (κ3) is 3.48. The third-order valence-electron chi connectivity index (χ3n) is 2.30. The smallest absolute Gasteiger partial charge is 0.238 e. The Morgan fingerprint density at radius 1 is 1.62 bits per heavy atom. The van der Waals surface area contributed by atoms with Crippen LogP contribution in [0.2, 0.25) is 0 Å². The maximum Gasteiger partial charge on any atom is 0.238 e. The van der Waals surface area contributed by atoms with Gasteiger partial charge in [0.2, 0.25) is 5.91 Å². The van der Waals surface area contributed by atoms with Gasteiger partial charge in [0, 0.05) is 22.9 Å². The number of halogens is 1. The quantitative estimate of drug-likeness (QED) is 0.892. The van der Waals surface area contributed by atoms with Crippen LogP contribution in [0, 0.1) is 0 Å². The summed E-state index contributed by atoms with van der Waals surface area (Å²) in [5.74, 6) is 2.08. The molecule has 1 aliphatic heterocycles. The number of hydrogen-bond acceptors (Lipinski definition) is 4. The van der Waals surface area contributed by atoms with E-state index >= 15 is 0 Å². The van der Waals surface area contributed by atoms with Gasteiger partial charge in [-0.25, -0.2) is 0 Å². The Balaban J connectivity index is 1.78. The van der Waals surface area contributed by atoms with Gasteiger partial charge in [0.15, 0.2) is 0 Å². The van der Waals surface area contributed by atoms with Gasteiger partial charge in [0.25, 0.3) is 0 Å². The lowest BCUT2D eigenvalue weighted by atomic mass is 10.3. The third-order valence-corrected chi connectivity index (χ3v) is 4.99. The predicted octanol–water partition coefficient (Wildman–Crippen LogP) is 1.83. The van der Waals surface area contributed by atoms with E-state index in [-0.39, 0.29) is 11.9 Å². The number of carbonyl (C=O) groups is 1. The molecule has 0 spiro atoms. The van der Waals surface area contributed by atoms with Crippen molar-refractivity contribution < 1.29 is 4.79 Å². The Labute approximate surface area is 112 Å². The van der Waals surface area contributed by atoms with E-state index in [0.29, 0.717) is 6.54 Å². The lowest BCUT2D eigenvalue weighted by Crippen LogP contribution is -2.48. The van der Waals surface area contributed by atoms with Gasteiger partial charge in [-0.05, 0) is 28.1 Å². The van der Waals surface area contributed by atoms with Gasteiger partial charge in [-0.2, -0.15) is 11.8 Å². The lowest BCUT2D eigenvalue weighted by molar-refractivity contribution is -0.122. The molecule has 2 heterocycles. The summed E-state index contributed by atoms with van der Waals surface area (Å²) >= 11 is 6.89. The molecule has 1 unspecified atom stereocenters. The van der Waals surface area contributed by atoms with E-state index in [2.05, 4.69) is 26.6 Å². The van der Waals surface area contributed by atoms with Crippen LogP contribution in [0.25, 0.3) is 0 Å². The second kappa shape index (κ2) is 6.05. The molecule has 1 aromatic heterocycles. The van der Waals surface area contributed by atoms with Crippen molar-refractivity contribution in [1.82, 2.24) is 10.6 Å². The van der Waals surface area contributed by atoms with Gasteiger partial charge in [-0.3, -0.25) is 4.79 Å². The van der Waals surface area contributed by atoms with Crippen molar-refractivity contribution in [3.8, 4) is 0 Å². The number of thiophene rings is 1. The van der Waals surface area contributed by atoms with E-state index in [4.69, 9.17) is 0 Å². The highest BCUT2D eigenvalue weighted by Crippen LogP contribution is 2.21. The predicted molar refractivity (Wildman–Crippen MR) is 73.0 cm³/mol. The summed E-state index contributed by atoms with van der Waals surface area (Å²) < 4.78 is 1.10. The molecule has 1 atom stereocenters. The zero-order valence-corrected chi connectivity index (χ0v) is 11.9. The van der Waals surface area contributed by atoms with Crippen LogP contribution >= 0.6 is 39.0 Å². The minimum Gasteiger partial charge on any atom is -0.350 e. The van der Waals surface area contributed by atoms with Crippen molar-refractivity contribution >= 4 is 44.9 Å². The van der Waals surface area contributed by atoms with Gasteiger partial charge in [-0.1, -0.05) is 0 Å². The number of nitrogens with one attached hydrogen (secondary N) is 2.